The Hall–Kier alpha value is -2.56. The van der Waals surface area contributed by atoms with Gasteiger partial charge in [0.05, 0.1) is 0 Å². The maximum Gasteiger partial charge on any atom is 0.119 e. The van der Waals surface area contributed by atoms with Crippen LogP contribution in [0, 0.1) is 0 Å². The lowest BCUT2D eigenvalue weighted by molar-refractivity contribution is 0.261. The number of allylic oxidation sites excluding steroid dienone is 1. The van der Waals surface area contributed by atoms with Crippen LogP contribution in [-0.2, 0) is 0 Å². The van der Waals surface area contributed by atoms with E-state index in [-0.39, 0.29) is 5.75 Å². The molecule has 3 aromatic carbocycles. The summed E-state index contributed by atoms with van der Waals surface area (Å²) in [5.74, 6) is 1.14. The molecule has 0 aromatic heterocycles. The Labute approximate surface area is 187 Å². The highest BCUT2D eigenvalue weighted by molar-refractivity contribution is 9.10. The van der Waals surface area contributed by atoms with Crippen molar-refractivity contribution < 1.29 is 9.84 Å². The lowest BCUT2D eigenvalue weighted by Crippen LogP contribution is -2.19. The minimum atomic E-state index is 0.268. The van der Waals surface area contributed by atoms with Crippen LogP contribution in [0.5, 0.6) is 11.5 Å². The second-order valence-corrected chi connectivity index (χ2v) is 8.35. The average Bonchev–Trinajstić information content (AvgIpc) is 2.74. The van der Waals surface area contributed by atoms with Crippen molar-refractivity contribution in [2.24, 2.45) is 0 Å². The van der Waals surface area contributed by atoms with Crippen molar-refractivity contribution in [3.63, 3.8) is 0 Å². The van der Waals surface area contributed by atoms with Crippen molar-refractivity contribution in [3.05, 3.63) is 94.0 Å². The summed E-state index contributed by atoms with van der Waals surface area (Å²) >= 11 is 3.53. The van der Waals surface area contributed by atoms with Crippen molar-refractivity contribution >= 4 is 27.1 Å². The van der Waals surface area contributed by atoms with Gasteiger partial charge in [-0.15, -0.1) is 0 Å². The summed E-state index contributed by atoms with van der Waals surface area (Å²) in [6.45, 7) is 3.71. The summed E-state index contributed by atoms with van der Waals surface area (Å²) in [6.07, 6.45) is 0.888. The predicted octanol–water partition coefficient (Wildman–Crippen LogP) is 6.46. The number of nitrogens with zero attached hydrogens (tertiary/aromatic N) is 1. The van der Waals surface area contributed by atoms with Gasteiger partial charge in [0.2, 0.25) is 0 Å². The van der Waals surface area contributed by atoms with Crippen molar-refractivity contribution in [1.29, 1.82) is 0 Å². The molecule has 0 saturated carbocycles. The fourth-order valence-corrected chi connectivity index (χ4v) is 3.65. The molecular weight excluding hydrogens is 438 g/mol. The molecule has 156 valence electrons. The number of likely N-dealkylation sites (N-methyl/N-ethyl adjacent to an activating group) is 1. The molecule has 3 aromatic rings. The van der Waals surface area contributed by atoms with Gasteiger partial charge in [0, 0.05) is 11.0 Å². The van der Waals surface area contributed by atoms with Crippen LogP contribution in [0.15, 0.2) is 77.3 Å². The second kappa shape index (κ2) is 10.5. The van der Waals surface area contributed by atoms with Gasteiger partial charge in [0.15, 0.2) is 0 Å². The SMILES string of the molecule is CCC(=C(c1ccc(O)cc1)c1ccc(OCCN(C)C)cc1)c1ccc(Br)cc1. The third-order valence-corrected chi connectivity index (χ3v) is 5.48. The molecule has 1 N–H and O–H groups in total. The summed E-state index contributed by atoms with van der Waals surface area (Å²) in [7, 11) is 4.07. The highest BCUT2D eigenvalue weighted by Gasteiger charge is 2.13. The minimum absolute atomic E-state index is 0.268. The quantitative estimate of drug-likeness (QED) is 0.387. The summed E-state index contributed by atoms with van der Waals surface area (Å²) < 4.78 is 6.92. The standard InChI is InChI=1S/C26H28BrNO2/c1-4-25(19-5-11-22(27)12-6-19)26(20-7-13-23(29)14-8-20)21-9-15-24(16-10-21)30-18-17-28(2)3/h5-16,29H,4,17-18H2,1-3H3. The molecule has 0 heterocycles. The molecule has 3 nitrogen and oxygen atoms in total. The second-order valence-electron chi connectivity index (χ2n) is 7.44. The molecule has 0 fully saturated rings. The fraction of sp³-hybridized carbons (Fsp3) is 0.231. The Morgan fingerprint density at radius 3 is 1.90 bits per heavy atom. The van der Waals surface area contributed by atoms with Gasteiger partial charge in [-0.1, -0.05) is 59.3 Å². The first-order chi connectivity index (χ1) is 14.5. The van der Waals surface area contributed by atoms with E-state index in [4.69, 9.17) is 4.74 Å². The van der Waals surface area contributed by atoms with Gasteiger partial charge < -0.3 is 14.7 Å². The zero-order valence-corrected chi connectivity index (χ0v) is 19.3. The first kappa shape index (κ1) is 22.1. The number of hydrogen-bond donors (Lipinski definition) is 1. The van der Waals surface area contributed by atoms with E-state index in [1.807, 2.05) is 38.4 Å². The topological polar surface area (TPSA) is 32.7 Å². The van der Waals surface area contributed by atoms with Gasteiger partial charge in [-0.05, 0) is 84.8 Å². The van der Waals surface area contributed by atoms with E-state index in [1.165, 1.54) is 16.7 Å². The van der Waals surface area contributed by atoms with Crippen LogP contribution in [0.25, 0.3) is 11.1 Å². The van der Waals surface area contributed by atoms with Crippen LogP contribution in [0.1, 0.15) is 30.0 Å². The van der Waals surface area contributed by atoms with Crippen molar-refractivity contribution in [2.75, 3.05) is 27.2 Å². The number of hydrogen-bond acceptors (Lipinski definition) is 3. The molecule has 0 aliphatic heterocycles. The molecule has 0 spiro atoms. The maximum absolute atomic E-state index is 9.77. The largest absolute Gasteiger partial charge is 0.508 e. The van der Waals surface area contributed by atoms with Crippen LogP contribution in [0.4, 0.5) is 0 Å². The average molecular weight is 466 g/mol. The number of benzene rings is 3. The monoisotopic (exact) mass is 465 g/mol. The molecule has 0 aliphatic carbocycles. The molecule has 4 heteroatoms. The zero-order valence-electron chi connectivity index (χ0n) is 17.7. The molecule has 0 amide bonds. The van der Waals surface area contributed by atoms with Crippen LogP contribution >= 0.6 is 15.9 Å². The lowest BCUT2D eigenvalue weighted by atomic mass is 9.88. The van der Waals surface area contributed by atoms with Gasteiger partial charge in [0.1, 0.15) is 18.1 Å². The highest BCUT2D eigenvalue weighted by atomic mass is 79.9. The first-order valence-corrected chi connectivity index (χ1v) is 10.9. The molecule has 0 bridgehead atoms. The van der Waals surface area contributed by atoms with Crippen LogP contribution in [-0.4, -0.2) is 37.3 Å². The Morgan fingerprint density at radius 1 is 0.833 bits per heavy atom. The number of ether oxygens (including phenoxy) is 1. The summed E-state index contributed by atoms with van der Waals surface area (Å²) in [5.41, 5.74) is 5.82. The first-order valence-electron chi connectivity index (χ1n) is 10.1. The molecule has 0 atom stereocenters. The van der Waals surface area contributed by atoms with E-state index in [2.05, 4.69) is 64.2 Å². The molecule has 0 unspecified atom stereocenters. The number of aromatic hydroxyl groups is 1. The zero-order chi connectivity index (χ0) is 21.5. The Morgan fingerprint density at radius 2 is 1.37 bits per heavy atom. The van der Waals surface area contributed by atoms with E-state index in [0.29, 0.717) is 6.61 Å². The molecule has 3 rings (SSSR count). The molecule has 30 heavy (non-hydrogen) atoms. The molecule has 0 radical (unpaired) electrons. The third kappa shape index (κ3) is 5.74. The number of halogens is 1. The normalized spacial score (nSPS) is 12.0. The van der Waals surface area contributed by atoms with Crippen molar-refractivity contribution in [1.82, 2.24) is 4.90 Å². The number of rotatable bonds is 8. The van der Waals surface area contributed by atoms with E-state index in [9.17, 15) is 5.11 Å². The lowest BCUT2D eigenvalue weighted by Gasteiger charge is -2.17. The van der Waals surface area contributed by atoms with Gasteiger partial charge >= 0.3 is 0 Å². The van der Waals surface area contributed by atoms with E-state index >= 15 is 0 Å². The van der Waals surface area contributed by atoms with E-state index < -0.39 is 0 Å². The van der Waals surface area contributed by atoms with Crippen LogP contribution in [0.3, 0.4) is 0 Å². The summed E-state index contributed by atoms with van der Waals surface area (Å²) in [6, 6.07) is 24.1. The van der Waals surface area contributed by atoms with Crippen LogP contribution < -0.4 is 4.74 Å². The molecule has 0 aliphatic rings. The molecular formula is C26H28BrNO2. The van der Waals surface area contributed by atoms with E-state index in [1.54, 1.807) is 12.1 Å². The van der Waals surface area contributed by atoms with Gasteiger partial charge in [-0.3, -0.25) is 0 Å². The number of phenols is 1. The minimum Gasteiger partial charge on any atom is -0.508 e. The molecule has 0 saturated heterocycles. The van der Waals surface area contributed by atoms with Crippen LogP contribution in [0.2, 0.25) is 0 Å². The fourth-order valence-electron chi connectivity index (χ4n) is 3.38. The van der Waals surface area contributed by atoms with Gasteiger partial charge in [0.25, 0.3) is 0 Å². The third-order valence-electron chi connectivity index (χ3n) is 4.95. The van der Waals surface area contributed by atoms with E-state index in [0.717, 1.165) is 34.3 Å². The Balaban J connectivity index is 2.03. The predicted molar refractivity (Wildman–Crippen MR) is 129 cm³/mol. The Bertz CT molecular complexity index is 975. The highest BCUT2D eigenvalue weighted by Crippen LogP contribution is 2.36. The van der Waals surface area contributed by atoms with Crippen molar-refractivity contribution in [2.45, 2.75) is 13.3 Å². The van der Waals surface area contributed by atoms with Crippen molar-refractivity contribution in [3.8, 4) is 11.5 Å². The smallest absolute Gasteiger partial charge is 0.119 e. The maximum atomic E-state index is 9.77. The summed E-state index contributed by atoms with van der Waals surface area (Å²) in [4.78, 5) is 2.10. The van der Waals surface area contributed by atoms with Gasteiger partial charge in [-0.25, -0.2) is 0 Å². The Kier molecular flexibility index (Phi) is 7.72. The summed E-state index contributed by atoms with van der Waals surface area (Å²) in [5, 5.41) is 9.77. The number of phenolic OH excluding ortho intramolecular Hbond substituents is 1. The van der Waals surface area contributed by atoms with Gasteiger partial charge in [-0.2, -0.15) is 0 Å².